The number of anilines is 1. The maximum absolute atomic E-state index is 13.9. The average molecular weight is 827 g/mol. The van der Waals surface area contributed by atoms with Crippen molar-refractivity contribution in [2.75, 3.05) is 72.0 Å². The number of likely N-dealkylation sites (N-methyl/N-ethyl adjacent to an activating group) is 1. The summed E-state index contributed by atoms with van der Waals surface area (Å²) < 4.78 is 54.9. The van der Waals surface area contributed by atoms with E-state index in [4.69, 9.17) is 14.5 Å². The third kappa shape index (κ3) is 8.86. The molecule has 2 aromatic heterocycles. The minimum absolute atomic E-state index is 0.110. The van der Waals surface area contributed by atoms with Crippen molar-refractivity contribution in [2.24, 2.45) is 5.41 Å². The van der Waals surface area contributed by atoms with E-state index in [9.17, 15) is 22.8 Å². The number of methoxy groups -OCH3 is 1. The summed E-state index contributed by atoms with van der Waals surface area (Å²) in [5.41, 5.74) is 10.5. The van der Waals surface area contributed by atoms with Gasteiger partial charge in [-0.25, -0.2) is 5.43 Å². The number of hydrogen-bond donors (Lipinski definition) is 2. The molecule has 3 aromatic rings. The van der Waals surface area contributed by atoms with Gasteiger partial charge in [-0.1, -0.05) is 19.9 Å². The van der Waals surface area contributed by atoms with Gasteiger partial charge in [0.05, 0.1) is 59.6 Å². The molecule has 4 aliphatic heterocycles. The fourth-order valence-corrected chi connectivity index (χ4v) is 9.78. The Morgan fingerprint density at radius 1 is 1.12 bits per heavy atom. The lowest BCUT2D eigenvalue weighted by Crippen LogP contribution is -2.60. The molecule has 0 spiro atoms. The first kappa shape index (κ1) is 42.3. The molecule has 1 amide bonds. The van der Waals surface area contributed by atoms with Crippen LogP contribution in [0.2, 0.25) is 0 Å². The molecule has 6 heterocycles. The van der Waals surface area contributed by atoms with Crippen LogP contribution in [0.4, 0.5) is 18.9 Å². The van der Waals surface area contributed by atoms with Gasteiger partial charge in [-0.2, -0.15) is 13.2 Å². The number of ether oxygens (including phenoxy) is 2. The minimum atomic E-state index is -4.51. The van der Waals surface area contributed by atoms with E-state index < -0.39 is 42.1 Å². The lowest BCUT2D eigenvalue weighted by Gasteiger charge is -2.37. The number of piperazine rings is 1. The first-order chi connectivity index (χ1) is 27.6. The van der Waals surface area contributed by atoms with Crippen molar-refractivity contribution in [2.45, 2.75) is 89.7 Å². The summed E-state index contributed by atoms with van der Waals surface area (Å²) in [6.45, 7) is 11.8. The minimum Gasteiger partial charge on any atom is -0.464 e. The predicted molar refractivity (Wildman–Crippen MR) is 222 cm³/mol. The summed E-state index contributed by atoms with van der Waals surface area (Å²) in [4.78, 5) is 39.5. The van der Waals surface area contributed by atoms with E-state index >= 15 is 0 Å². The summed E-state index contributed by atoms with van der Waals surface area (Å²) in [6.07, 6.45) is -1.21. The van der Waals surface area contributed by atoms with Crippen molar-refractivity contribution in [1.82, 2.24) is 35.1 Å². The normalized spacial score (nSPS) is 24.2. The summed E-state index contributed by atoms with van der Waals surface area (Å²) in [7, 11) is 5.77. The molecular formula is C42H57F3N8O4S. The highest BCUT2D eigenvalue weighted by Crippen LogP contribution is 2.44. The molecule has 2 fully saturated rings. The number of rotatable bonds is 7. The number of aromatic nitrogens is 2. The number of nitrogens with one attached hydrogen (secondary N) is 2. The number of esters is 1. The number of amides is 1. The molecule has 1 aromatic carbocycles. The number of nitrogens with zero attached hydrogens (tertiary/aromatic N) is 6. The van der Waals surface area contributed by atoms with Crippen molar-refractivity contribution in [3.63, 3.8) is 0 Å². The second-order valence-electron chi connectivity index (χ2n) is 16.8. The summed E-state index contributed by atoms with van der Waals surface area (Å²) in [5.74, 6) is -1.02. The Kier molecular flexibility index (Phi) is 12.4. The van der Waals surface area contributed by atoms with E-state index in [-0.39, 0.29) is 31.1 Å². The fraction of sp³-hybridized carbons (Fsp3) is 0.595. The van der Waals surface area contributed by atoms with E-state index in [1.807, 2.05) is 25.6 Å². The average Bonchev–Trinajstić information content (AvgIpc) is 3.72. The molecule has 2 unspecified atom stereocenters. The van der Waals surface area contributed by atoms with Crippen LogP contribution < -0.4 is 15.6 Å². The van der Waals surface area contributed by atoms with Crippen LogP contribution in [-0.2, 0) is 32.0 Å². The lowest BCUT2D eigenvalue weighted by molar-refractivity contribution is -0.155. The molecule has 4 aliphatic rings. The molecule has 12 nitrogen and oxygen atoms in total. The molecule has 7 rings (SSSR count). The van der Waals surface area contributed by atoms with E-state index in [1.54, 1.807) is 7.11 Å². The number of carbonyl (C=O) groups is 2. The number of halogens is 3. The molecular weight excluding hydrogens is 770 g/mol. The van der Waals surface area contributed by atoms with Crippen molar-refractivity contribution in [3.8, 4) is 11.3 Å². The van der Waals surface area contributed by atoms with Gasteiger partial charge >= 0.3 is 12.1 Å². The molecule has 316 valence electrons. The predicted octanol–water partition coefficient (Wildman–Crippen LogP) is 6.02. The highest BCUT2D eigenvalue weighted by atomic mass is 32.2. The standard InChI is InChI=1S/C42H57F3N8O4S/c1-8-52-34-12-11-27-18-29(34)31(38(52)30-19-28(22-46-37(30)26(2)56-7)51-16-14-49(5)15-17-51)21-41(3,4)25-57-40(55)32-10-9-13-53(48-32)39(54)33(47-24-42(43,44)45)20-36-50(6)35(27)23-58-36/h11-12,18-19,22-23,26,32-33,36,47-48H,8-10,13-17,20-21,24-25H2,1-7H3/t26-,32-,33?,36?/m0/s1. The third-order valence-corrected chi connectivity index (χ3v) is 13.2. The van der Waals surface area contributed by atoms with Gasteiger partial charge in [0.25, 0.3) is 5.91 Å². The van der Waals surface area contributed by atoms with Crippen LogP contribution in [-0.4, -0.2) is 127 Å². The number of thioether (sulfide) groups is 1. The van der Waals surface area contributed by atoms with E-state index in [0.717, 1.165) is 76.5 Å². The van der Waals surface area contributed by atoms with Gasteiger partial charge in [-0.15, -0.1) is 11.8 Å². The monoisotopic (exact) mass is 826 g/mol. The number of hydrogen-bond acceptors (Lipinski definition) is 11. The number of carbonyl (C=O) groups excluding carboxylic acids is 2. The van der Waals surface area contributed by atoms with E-state index in [2.05, 4.69) is 82.1 Å². The Morgan fingerprint density at radius 2 is 1.88 bits per heavy atom. The van der Waals surface area contributed by atoms with Crippen LogP contribution in [0.15, 0.2) is 35.9 Å². The first-order valence-corrected chi connectivity index (χ1v) is 21.3. The highest BCUT2D eigenvalue weighted by Gasteiger charge is 2.39. The Bertz CT molecular complexity index is 2030. The van der Waals surface area contributed by atoms with Crippen LogP contribution in [0.5, 0.6) is 0 Å². The third-order valence-electron chi connectivity index (χ3n) is 12.0. The molecule has 2 N–H and O–H groups in total. The Balaban J connectivity index is 1.37. The lowest BCUT2D eigenvalue weighted by atomic mass is 9.84. The van der Waals surface area contributed by atoms with Gasteiger partial charge < -0.3 is 28.7 Å². The number of aryl methyl sites for hydroxylation is 1. The summed E-state index contributed by atoms with van der Waals surface area (Å²) in [6, 6.07) is 6.75. The molecule has 58 heavy (non-hydrogen) atoms. The maximum Gasteiger partial charge on any atom is 0.401 e. The van der Waals surface area contributed by atoms with Gasteiger partial charge in [0.1, 0.15) is 6.04 Å². The van der Waals surface area contributed by atoms with Gasteiger partial charge in [0.15, 0.2) is 0 Å². The zero-order valence-corrected chi connectivity index (χ0v) is 35.4. The van der Waals surface area contributed by atoms with E-state index in [1.165, 1.54) is 16.8 Å². The molecule has 0 radical (unpaired) electrons. The van der Waals surface area contributed by atoms with Crippen LogP contribution in [0, 0.1) is 5.41 Å². The Labute approximate surface area is 343 Å². The highest BCUT2D eigenvalue weighted by molar-refractivity contribution is 8.03. The molecule has 0 aliphatic carbocycles. The molecule has 0 saturated carbocycles. The van der Waals surface area contributed by atoms with Gasteiger partial charge in [-0.05, 0) is 74.9 Å². The van der Waals surface area contributed by atoms with Crippen LogP contribution in [0.3, 0.4) is 0 Å². The Morgan fingerprint density at radius 3 is 2.59 bits per heavy atom. The second-order valence-corrected chi connectivity index (χ2v) is 17.9. The van der Waals surface area contributed by atoms with Gasteiger partial charge in [-0.3, -0.25) is 24.9 Å². The zero-order valence-electron chi connectivity index (χ0n) is 34.6. The number of pyridine rings is 1. The maximum atomic E-state index is 13.9. The van der Waals surface area contributed by atoms with Crippen LogP contribution in [0.25, 0.3) is 27.9 Å². The number of benzene rings is 1. The molecule has 4 atom stereocenters. The molecule has 16 heteroatoms. The van der Waals surface area contributed by atoms with Crippen molar-refractivity contribution in [3.05, 3.63) is 52.7 Å². The Hall–Kier alpha value is -3.83. The SMILES string of the molecule is CCn1c(-c2cc(N3CCN(C)CC3)cnc2[C@H](C)OC)c2c3cc(ccc31)C1=CSC(CC(NCC(F)(F)F)C(=O)N3CCC[C@H](N3)C(=O)OCC(C)(C)C2)N1C. The number of alkyl halides is 3. The summed E-state index contributed by atoms with van der Waals surface area (Å²) in [5, 5.41) is 6.57. The van der Waals surface area contributed by atoms with Crippen LogP contribution in [0.1, 0.15) is 69.9 Å². The molecule has 2 saturated heterocycles. The smallest absolute Gasteiger partial charge is 0.401 e. The zero-order chi connectivity index (χ0) is 41.5. The number of cyclic esters (lactones) is 1. The van der Waals surface area contributed by atoms with Crippen molar-refractivity contribution >= 4 is 45.9 Å². The quantitative estimate of drug-likeness (QED) is 0.274. The van der Waals surface area contributed by atoms with Gasteiger partial charge in [0, 0.05) is 81.7 Å². The second kappa shape index (κ2) is 17.0. The van der Waals surface area contributed by atoms with Crippen molar-refractivity contribution in [1.29, 1.82) is 0 Å². The summed E-state index contributed by atoms with van der Waals surface area (Å²) >= 11 is 1.49. The first-order valence-electron chi connectivity index (χ1n) is 20.3. The number of hydrazine groups is 1. The number of fused-ring (bicyclic) bond motifs is 6. The molecule has 6 bridgehead atoms. The largest absolute Gasteiger partial charge is 0.464 e. The van der Waals surface area contributed by atoms with Gasteiger partial charge in [0.2, 0.25) is 0 Å². The van der Waals surface area contributed by atoms with E-state index in [0.29, 0.717) is 25.8 Å². The topological polar surface area (TPSA) is 107 Å². The fourth-order valence-electron chi connectivity index (χ4n) is 8.60. The van der Waals surface area contributed by atoms with Crippen LogP contribution >= 0.6 is 11.8 Å². The van der Waals surface area contributed by atoms with Crippen molar-refractivity contribution < 1.29 is 32.2 Å².